The number of piperidine rings is 1. The third-order valence-corrected chi connectivity index (χ3v) is 7.65. The first-order chi connectivity index (χ1) is 15.1. The number of hydrogen-bond donors (Lipinski definition) is 0. The Morgan fingerprint density at radius 1 is 1.06 bits per heavy atom. The first-order valence-electron chi connectivity index (χ1n) is 10.8. The van der Waals surface area contributed by atoms with Gasteiger partial charge in [0.2, 0.25) is 5.91 Å². The van der Waals surface area contributed by atoms with E-state index in [1.807, 2.05) is 30.5 Å². The highest BCUT2D eigenvalue weighted by atomic mass is 35.5. The van der Waals surface area contributed by atoms with Crippen LogP contribution in [-0.2, 0) is 4.79 Å². The Hall–Kier alpha value is -2.38. The lowest BCUT2D eigenvalue weighted by molar-refractivity contribution is -0.136. The Bertz CT molecular complexity index is 1050. The molecule has 2 aliphatic rings. The highest BCUT2D eigenvalue weighted by Gasteiger charge is 2.31. The van der Waals surface area contributed by atoms with Crippen molar-refractivity contribution in [3.05, 3.63) is 47.1 Å². The SMILES string of the molecule is Cc1ccc(Cl)cc1N1CCN(C(=O)C2CCN(c3nc4cccnc4s3)CC2)CC1. The molecule has 0 radical (unpaired) electrons. The van der Waals surface area contributed by atoms with Gasteiger partial charge in [-0.05, 0) is 49.6 Å². The summed E-state index contributed by atoms with van der Waals surface area (Å²) in [5, 5.41) is 1.78. The molecule has 2 aromatic heterocycles. The van der Waals surface area contributed by atoms with E-state index in [1.165, 1.54) is 11.3 Å². The maximum atomic E-state index is 13.1. The second-order valence-corrected chi connectivity index (χ2v) is 9.72. The van der Waals surface area contributed by atoms with Crippen molar-refractivity contribution in [3.63, 3.8) is 0 Å². The normalized spacial score (nSPS) is 18.1. The number of halogens is 1. The largest absolute Gasteiger partial charge is 0.368 e. The second-order valence-electron chi connectivity index (χ2n) is 8.33. The number of anilines is 2. The van der Waals surface area contributed by atoms with Gasteiger partial charge in [0.1, 0.15) is 10.3 Å². The van der Waals surface area contributed by atoms with Crippen molar-refractivity contribution in [3.8, 4) is 0 Å². The van der Waals surface area contributed by atoms with Crippen LogP contribution in [0.3, 0.4) is 0 Å². The molecule has 5 rings (SSSR count). The molecule has 1 amide bonds. The summed E-state index contributed by atoms with van der Waals surface area (Å²) in [5.74, 6) is 0.427. The summed E-state index contributed by atoms with van der Waals surface area (Å²) in [6.45, 7) is 7.10. The van der Waals surface area contributed by atoms with Crippen molar-refractivity contribution in [2.24, 2.45) is 5.92 Å². The molecule has 162 valence electrons. The molecule has 2 aliphatic heterocycles. The molecular weight excluding hydrogens is 430 g/mol. The first-order valence-corrected chi connectivity index (χ1v) is 12.0. The number of nitrogens with zero attached hydrogens (tertiary/aromatic N) is 5. The molecule has 0 bridgehead atoms. The van der Waals surface area contributed by atoms with Crippen molar-refractivity contribution in [2.75, 3.05) is 49.1 Å². The average Bonchev–Trinajstić information content (AvgIpc) is 3.25. The number of rotatable bonds is 3. The van der Waals surface area contributed by atoms with E-state index >= 15 is 0 Å². The van der Waals surface area contributed by atoms with E-state index in [9.17, 15) is 4.79 Å². The minimum absolute atomic E-state index is 0.114. The van der Waals surface area contributed by atoms with Crippen molar-refractivity contribution < 1.29 is 4.79 Å². The zero-order valence-corrected chi connectivity index (χ0v) is 19.2. The molecule has 31 heavy (non-hydrogen) atoms. The van der Waals surface area contributed by atoms with Crippen LogP contribution in [0.4, 0.5) is 10.8 Å². The molecule has 0 aliphatic carbocycles. The average molecular weight is 456 g/mol. The predicted octanol–water partition coefficient (Wildman–Crippen LogP) is 4.22. The molecule has 1 aromatic carbocycles. The quantitative estimate of drug-likeness (QED) is 0.591. The standard InChI is InChI=1S/C23H26ClN5OS/c1-16-4-5-18(24)15-20(16)27-11-13-28(14-12-27)22(30)17-6-9-29(10-7-17)23-26-19-3-2-8-25-21(19)31-23/h2-5,8,15,17H,6-7,9-14H2,1H3. The number of carbonyl (C=O) groups is 1. The fraction of sp³-hybridized carbons (Fsp3) is 0.435. The highest BCUT2D eigenvalue weighted by Crippen LogP contribution is 2.31. The number of pyridine rings is 1. The zero-order valence-electron chi connectivity index (χ0n) is 17.6. The summed E-state index contributed by atoms with van der Waals surface area (Å²) in [5.41, 5.74) is 3.35. The van der Waals surface area contributed by atoms with Crippen LogP contribution in [0.1, 0.15) is 18.4 Å². The number of fused-ring (bicyclic) bond motifs is 1. The van der Waals surface area contributed by atoms with Gasteiger partial charge >= 0.3 is 0 Å². The summed E-state index contributed by atoms with van der Waals surface area (Å²) < 4.78 is 0. The second kappa shape index (κ2) is 8.63. The number of aromatic nitrogens is 2. The van der Waals surface area contributed by atoms with Crippen molar-refractivity contribution in [1.82, 2.24) is 14.9 Å². The van der Waals surface area contributed by atoms with E-state index < -0.39 is 0 Å². The number of carbonyl (C=O) groups excluding carboxylic acids is 1. The maximum Gasteiger partial charge on any atom is 0.225 e. The van der Waals surface area contributed by atoms with Gasteiger partial charge in [-0.2, -0.15) is 0 Å². The van der Waals surface area contributed by atoms with E-state index in [0.29, 0.717) is 5.91 Å². The Kier molecular flexibility index (Phi) is 5.71. The van der Waals surface area contributed by atoms with Crippen LogP contribution in [0.2, 0.25) is 5.02 Å². The fourth-order valence-corrected chi connectivity index (χ4v) is 5.69. The van der Waals surface area contributed by atoms with Gasteiger partial charge in [-0.15, -0.1) is 0 Å². The van der Waals surface area contributed by atoms with E-state index in [4.69, 9.17) is 16.6 Å². The Labute approximate surface area is 191 Å². The first kappa shape index (κ1) is 20.5. The predicted molar refractivity (Wildman–Crippen MR) is 127 cm³/mol. The summed E-state index contributed by atoms with van der Waals surface area (Å²) in [7, 11) is 0. The molecule has 2 fully saturated rings. The third kappa shape index (κ3) is 4.21. The molecule has 0 saturated carbocycles. The lowest BCUT2D eigenvalue weighted by Gasteiger charge is -2.39. The van der Waals surface area contributed by atoms with Gasteiger partial charge in [0.05, 0.1) is 0 Å². The van der Waals surface area contributed by atoms with Gasteiger partial charge in [-0.1, -0.05) is 29.0 Å². The number of amides is 1. The molecular formula is C23H26ClN5OS. The van der Waals surface area contributed by atoms with Crippen LogP contribution in [0.25, 0.3) is 10.3 Å². The maximum absolute atomic E-state index is 13.1. The number of aryl methyl sites for hydroxylation is 1. The summed E-state index contributed by atoms with van der Waals surface area (Å²) in [6.07, 6.45) is 3.58. The molecule has 2 saturated heterocycles. The summed E-state index contributed by atoms with van der Waals surface area (Å²) >= 11 is 7.83. The van der Waals surface area contributed by atoms with Gasteiger partial charge in [0, 0.05) is 62.1 Å². The third-order valence-electron chi connectivity index (χ3n) is 6.37. The topological polar surface area (TPSA) is 52.6 Å². The van der Waals surface area contributed by atoms with Gasteiger partial charge < -0.3 is 14.7 Å². The molecule has 3 aromatic rings. The van der Waals surface area contributed by atoms with Crippen molar-refractivity contribution >= 4 is 50.0 Å². The fourth-order valence-electron chi connectivity index (χ4n) is 4.56. The minimum Gasteiger partial charge on any atom is -0.368 e. The summed E-state index contributed by atoms with van der Waals surface area (Å²) in [4.78, 5) is 29.9. The van der Waals surface area contributed by atoms with E-state index in [2.05, 4.69) is 32.7 Å². The molecule has 8 heteroatoms. The lowest BCUT2D eigenvalue weighted by atomic mass is 9.95. The van der Waals surface area contributed by atoms with Crippen LogP contribution >= 0.6 is 22.9 Å². The van der Waals surface area contributed by atoms with E-state index in [1.54, 1.807) is 11.3 Å². The van der Waals surface area contributed by atoms with E-state index in [0.717, 1.165) is 72.6 Å². The van der Waals surface area contributed by atoms with Crippen LogP contribution < -0.4 is 9.80 Å². The molecule has 6 nitrogen and oxygen atoms in total. The molecule has 4 heterocycles. The van der Waals surface area contributed by atoms with Gasteiger partial charge in [-0.25, -0.2) is 9.97 Å². The molecule has 0 spiro atoms. The van der Waals surface area contributed by atoms with Gasteiger partial charge in [0.25, 0.3) is 0 Å². The Morgan fingerprint density at radius 3 is 2.58 bits per heavy atom. The zero-order chi connectivity index (χ0) is 21.4. The van der Waals surface area contributed by atoms with Crippen molar-refractivity contribution in [2.45, 2.75) is 19.8 Å². The van der Waals surface area contributed by atoms with Gasteiger partial charge in [-0.3, -0.25) is 4.79 Å². The molecule has 0 unspecified atom stereocenters. The van der Waals surface area contributed by atoms with Crippen molar-refractivity contribution in [1.29, 1.82) is 0 Å². The smallest absolute Gasteiger partial charge is 0.225 e. The van der Waals surface area contributed by atoms with Gasteiger partial charge in [0.15, 0.2) is 5.13 Å². The number of thiazole rings is 1. The minimum atomic E-state index is 0.114. The Morgan fingerprint density at radius 2 is 1.84 bits per heavy atom. The number of hydrogen-bond acceptors (Lipinski definition) is 6. The van der Waals surface area contributed by atoms with Crippen LogP contribution in [0.15, 0.2) is 36.5 Å². The van der Waals surface area contributed by atoms with E-state index in [-0.39, 0.29) is 5.92 Å². The lowest BCUT2D eigenvalue weighted by Crippen LogP contribution is -2.51. The van der Waals surface area contributed by atoms with Crippen LogP contribution in [0, 0.1) is 12.8 Å². The highest BCUT2D eigenvalue weighted by molar-refractivity contribution is 7.21. The van der Waals surface area contributed by atoms with Crippen LogP contribution in [-0.4, -0.2) is 60.0 Å². The monoisotopic (exact) mass is 455 g/mol. The number of piperazine rings is 1. The molecule has 0 N–H and O–H groups in total. The Balaban J connectivity index is 1.16. The van der Waals surface area contributed by atoms with Crippen LogP contribution in [0.5, 0.6) is 0 Å². The number of benzene rings is 1. The summed E-state index contributed by atoms with van der Waals surface area (Å²) in [6, 6.07) is 9.94. The molecule has 0 atom stereocenters.